The molecule has 9 heteroatoms. The van der Waals surface area contributed by atoms with E-state index in [0.29, 0.717) is 30.4 Å². The monoisotopic (exact) mass is 522 g/mol. The van der Waals surface area contributed by atoms with Crippen molar-refractivity contribution in [3.63, 3.8) is 0 Å². The number of sulfonamides is 1. The number of benzene rings is 3. The number of amides is 1. The molecule has 0 spiro atoms. The smallest absolute Gasteiger partial charge is 0.243 e. The van der Waals surface area contributed by atoms with Gasteiger partial charge in [-0.15, -0.1) is 0 Å². The van der Waals surface area contributed by atoms with Crippen molar-refractivity contribution in [2.24, 2.45) is 0 Å². The summed E-state index contributed by atoms with van der Waals surface area (Å²) in [5, 5.41) is 0.489. The maximum Gasteiger partial charge on any atom is 0.243 e. The van der Waals surface area contributed by atoms with Crippen molar-refractivity contribution in [3.8, 4) is 0 Å². The number of imidazole rings is 1. The number of carbonyl (C=O) groups excluding carboxylic acids is 1. The van der Waals surface area contributed by atoms with Crippen LogP contribution in [0.4, 0.5) is 5.69 Å². The quantitative estimate of drug-likeness (QED) is 0.355. The van der Waals surface area contributed by atoms with Crippen LogP contribution in [0.3, 0.4) is 0 Å². The molecule has 1 atom stereocenters. The summed E-state index contributed by atoms with van der Waals surface area (Å²) in [6.07, 6.45) is 2.17. The van der Waals surface area contributed by atoms with Crippen molar-refractivity contribution in [1.82, 2.24) is 14.3 Å². The molecule has 0 radical (unpaired) electrons. The SMILES string of the molecule is CC(=O)N(CCc1ccccc1)c1ccc2nc(C3CCCN3S(=O)(=O)c3ccc(Cl)cc3)[nH]c2c1. The molecule has 0 saturated carbocycles. The zero-order chi connectivity index (χ0) is 25.3. The topological polar surface area (TPSA) is 86.4 Å². The first-order valence-electron chi connectivity index (χ1n) is 11.9. The molecule has 1 aliphatic rings. The molecule has 4 aromatic rings. The van der Waals surface area contributed by atoms with Gasteiger partial charge in [0.05, 0.1) is 22.0 Å². The van der Waals surface area contributed by atoms with Crippen LogP contribution in [0.15, 0.2) is 77.7 Å². The summed E-state index contributed by atoms with van der Waals surface area (Å²) in [7, 11) is -3.69. The average molecular weight is 523 g/mol. The predicted octanol–water partition coefficient (Wildman–Crippen LogP) is 5.34. The highest BCUT2D eigenvalue weighted by atomic mass is 35.5. The second kappa shape index (κ2) is 10.0. The van der Waals surface area contributed by atoms with Crippen LogP contribution in [0.25, 0.3) is 11.0 Å². The highest BCUT2D eigenvalue weighted by Gasteiger charge is 2.37. The third kappa shape index (κ3) is 4.89. The Morgan fingerprint density at radius 2 is 1.86 bits per heavy atom. The summed E-state index contributed by atoms with van der Waals surface area (Å²) in [6, 6.07) is 21.6. The van der Waals surface area contributed by atoms with Gasteiger partial charge in [0, 0.05) is 30.7 Å². The first-order chi connectivity index (χ1) is 17.3. The molecule has 36 heavy (non-hydrogen) atoms. The first-order valence-corrected chi connectivity index (χ1v) is 13.7. The van der Waals surface area contributed by atoms with Crippen molar-refractivity contribution in [3.05, 3.63) is 89.2 Å². The molecule has 2 heterocycles. The summed E-state index contributed by atoms with van der Waals surface area (Å²) < 4.78 is 28.2. The Morgan fingerprint density at radius 3 is 2.58 bits per heavy atom. The molecule has 1 amide bonds. The number of aromatic nitrogens is 2. The lowest BCUT2D eigenvalue weighted by molar-refractivity contribution is -0.116. The van der Waals surface area contributed by atoms with Gasteiger partial charge in [0.25, 0.3) is 0 Å². The second-order valence-electron chi connectivity index (χ2n) is 8.96. The van der Waals surface area contributed by atoms with Gasteiger partial charge >= 0.3 is 0 Å². The van der Waals surface area contributed by atoms with E-state index in [1.54, 1.807) is 24.0 Å². The Bertz CT molecular complexity index is 1490. The fourth-order valence-corrected chi connectivity index (χ4v) is 6.53. The van der Waals surface area contributed by atoms with Crippen molar-refractivity contribution in [1.29, 1.82) is 0 Å². The van der Waals surface area contributed by atoms with Crippen molar-refractivity contribution >= 4 is 44.3 Å². The number of hydrogen-bond acceptors (Lipinski definition) is 4. The fraction of sp³-hybridized carbons (Fsp3) is 0.259. The van der Waals surface area contributed by atoms with Gasteiger partial charge in [0.1, 0.15) is 5.82 Å². The molecule has 0 aliphatic carbocycles. The minimum absolute atomic E-state index is 0.0407. The van der Waals surface area contributed by atoms with Crippen LogP contribution in [-0.2, 0) is 21.2 Å². The van der Waals surface area contributed by atoms with Gasteiger partial charge in [-0.1, -0.05) is 41.9 Å². The number of rotatable bonds is 7. The lowest BCUT2D eigenvalue weighted by Crippen LogP contribution is -2.31. The Morgan fingerprint density at radius 1 is 1.11 bits per heavy atom. The van der Waals surface area contributed by atoms with E-state index in [1.807, 2.05) is 48.5 Å². The van der Waals surface area contributed by atoms with E-state index >= 15 is 0 Å². The molecule has 1 fully saturated rings. The maximum absolute atomic E-state index is 13.3. The lowest BCUT2D eigenvalue weighted by atomic mass is 10.1. The van der Waals surface area contributed by atoms with Crippen molar-refractivity contribution < 1.29 is 13.2 Å². The van der Waals surface area contributed by atoms with Crippen LogP contribution >= 0.6 is 11.6 Å². The number of aromatic amines is 1. The van der Waals surface area contributed by atoms with Crippen LogP contribution in [0.1, 0.15) is 37.2 Å². The number of fused-ring (bicyclic) bond motifs is 1. The maximum atomic E-state index is 13.3. The van der Waals surface area contributed by atoms with Gasteiger partial charge in [-0.05, 0) is 67.3 Å². The molecule has 1 saturated heterocycles. The number of hydrogen-bond donors (Lipinski definition) is 1. The largest absolute Gasteiger partial charge is 0.341 e. The van der Waals surface area contributed by atoms with E-state index < -0.39 is 10.0 Å². The Labute approximate surface area is 215 Å². The second-order valence-corrected chi connectivity index (χ2v) is 11.3. The highest BCUT2D eigenvalue weighted by molar-refractivity contribution is 7.89. The van der Waals surface area contributed by atoms with Crippen molar-refractivity contribution in [2.75, 3.05) is 18.0 Å². The third-order valence-corrected chi connectivity index (χ3v) is 8.76. The van der Waals surface area contributed by atoms with E-state index in [1.165, 1.54) is 16.4 Å². The summed E-state index contributed by atoms with van der Waals surface area (Å²) in [5.74, 6) is 0.567. The first kappa shape index (κ1) is 24.5. The number of nitrogens with one attached hydrogen (secondary N) is 1. The molecule has 186 valence electrons. The minimum Gasteiger partial charge on any atom is -0.341 e. The zero-order valence-corrected chi connectivity index (χ0v) is 21.5. The van der Waals surface area contributed by atoms with E-state index in [4.69, 9.17) is 16.6 Å². The number of carbonyl (C=O) groups is 1. The Balaban J connectivity index is 1.41. The minimum atomic E-state index is -3.69. The van der Waals surface area contributed by atoms with Gasteiger partial charge in [-0.3, -0.25) is 4.79 Å². The van der Waals surface area contributed by atoms with Crippen LogP contribution in [0.2, 0.25) is 5.02 Å². The normalized spacial score (nSPS) is 16.4. The van der Waals surface area contributed by atoms with Gasteiger partial charge in [0.2, 0.25) is 15.9 Å². The van der Waals surface area contributed by atoms with Crippen LogP contribution in [-0.4, -0.2) is 41.7 Å². The molecule has 1 aromatic heterocycles. The average Bonchev–Trinajstić information content (AvgIpc) is 3.52. The third-order valence-electron chi connectivity index (χ3n) is 6.58. The van der Waals surface area contributed by atoms with Gasteiger partial charge in [-0.25, -0.2) is 13.4 Å². The molecule has 7 nitrogen and oxygen atoms in total. The summed E-state index contributed by atoms with van der Waals surface area (Å²) in [5.41, 5.74) is 3.44. The molecule has 1 unspecified atom stereocenters. The number of H-pyrrole nitrogens is 1. The molecule has 0 bridgehead atoms. The predicted molar refractivity (Wildman–Crippen MR) is 142 cm³/mol. The molecular weight excluding hydrogens is 496 g/mol. The van der Waals surface area contributed by atoms with E-state index in [-0.39, 0.29) is 16.8 Å². The Hall–Kier alpha value is -3.20. The molecule has 1 N–H and O–H groups in total. The van der Waals surface area contributed by atoms with E-state index in [2.05, 4.69) is 4.98 Å². The number of halogens is 1. The van der Waals surface area contributed by atoms with Crippen molar-refractivity contribution in [2.45, 2.75) is 37.1 Å². The number of nitrogens with zero attached hydrogens (tertiary/aromatic N) is 3. The van der Waals surface area contributed by atoms with Gasteiger partial charge in [-0.2, -0.15) is 4.31 Å². The van der Waals surface area contributed by atoms with Crippen LogP contribution < -0.4 is 4.90 Å². The fourth-order valence-electron chi connectivity index (χ4n) is 4.74. The molecular formula is C27H27ClN4O3S. The number of anilines is 1. The summed E-state index contributed by atoms with van der Waals surface area (Å²) >= 11 is 5.95. The standard InChI is InChI=1S/C27H27ClN4O3S/c1-19(33)31(17-15-20-6-3-2-4-7-20)22-11-14-24-25(18-22)30-27(29-24)26-8-5-16-32(26)36(34,35)23-12-9-21(28)10-13-23/h2-4,6-7,9-14,18,26H,5,8,15-17H2,1H3,(H,29,30). The lowest BCUT2D eigenvalue weighted by Gasteiger charge is -2.22. The molecule has 1 aliphatic heterocycles. The van der Waals surface area contributed by atoms with Crippen LogP contribution in [0.5, 0.6) is 0 Å². The molecule has 3 aromatic carbocycles. The highest BCUT2D eigenvalue weighted by Crippen LogP contribution is 2.36. The molecule has 5 rings (SSSR count). The Kier molecular flexibility index (Phi) is 6.83. The van der Waals surface area contributed by atoms with Gasteiger partial charge in [0.15, 0.2) is 0 Å². The summed E-state index contributed by atoms with van der Waals surface area (Å²) in [6.45, 7) is 2.54. The zero-order valence-electron chi connectivity index (χ0n) is 19.9. The van der Waals surface area contributed by atoms with Gasteiger partial charge < -0.3 is 9.88 Å². The van der Waals surface area contributed by atoms with E-state index in [9.17, 15) is 13.2 Å². The van der Waals surface area contributed by atoms with E-state index in [0.717, 1.165) is 35.1 Å². The summed E-state index contributed by atoms with van der Waals surface area (Å²) in [4.78, 5) is 22.5. The van der Waals surface area contributed by atoms with Crippen LogP contribution in [0, 0.1) is 0 Å².